The minimum atomic E-state index is 0.250. The molecule has 1 nitrogen and oxygen atoms in total. The summed E-state index contributed by atoms with van der Waals surface area (Å²) in [6, 6.07) is 0. The molecule has 0 radical (unpaired) electrons. The van der Waals surface area contributed by atoms with Gasteiger partial charge in [0.25, 0.3) is 0 Å². The minimum Gasteiger partial charge on any atom is -0.397 e. The van der Waals surface area contributed by atoms with E-state index in [1.54, 1.807) is 6.92 Å². The molecular formula is C12H18O. The number of hydrogen-bond donors (Lipinski definition) is 1. The normalized spacial score (nSPS) is 43.2. The second kappa shape index (κ2) is 3.67. The van der Waals surface area contributed by atoms with Crippen molar-refractivity contribution in [2.45, 2.75) is 19.8 Å². The molecule has 0 heterocycles. The molecule has 4 atom stereocenters. The molecular weight excluding hydrogens is 160 g/mol. The molecule has 1 N–H and O–H groups in total. The van der Waals surface area contributed by atoms with Crippen molar-refractivity contribution in [3.05, 3.63) is 24.3 Å². The molecule has 0 amide bonds. The van der Waals surface area contributed by atoms with Crippen LogP contribution in [0, 0.1) is 23.7 Å². The van der Waals surface area contributed by atoms with Gasteiger partial charge in [-0.05, 0) is 43.4 Å². The van der Waals surface area contributed by atoms with E-state index in [2.05, 4.69) is 24.3 Å². The first-order chi connectivity index (χ1) is 6.36. The number of fused-ring (bicyclic) bond motifs is 5. The Morgan fingerprint density at radius 2 is 1.92 bits per heavy atom. The van der Waals surface area contributed by atoms with Gasteiger partial charge in [0.2, 0.25) is 0 Å². The molecule has 1 fully saturated rings. The lowest BCUT2D eigenvalue weighted by Gasteiger charge is -2.18. The molecule has 1 saturated carbocycles. The zero-order valence-corrected chi connectivity index (χ0v) is 8.19. The fourth-order valence-electron chi connectivity index (χ4n) is 2.97. The van der Waals surface area contributed by atoms with E-state index in [0.29, 0.717) is 0 Å². The maximum Gasteiger partial charge on any atom is 0.0402 e. The van der Waals surface area contributed by atoms with Gasteiger partial charge in [0.1, 0.15) is 0 Å². The van der Waals surface area contributed by atoms with Crippen LogP contribution in [0.4, 0.5) is 0 Å². The first kappa shape index (κ1) is 9.01. The maximum atomic E-state index is 7.57. The zero-order chi connectivity index (χ0) is 9.26. The van der Waals surface area contributed by atoms with E-state index in [1.165, 1.54) is 12.8 Å². The van der Waals surface area contributed by atoms with E-state index in [1.807, 2.05) is 0 Å². The summed E-state index contributed by atoms with van der Waals surface area (Å²) in [6.07, 6.45) is 12.5. The van der Waals surface area contributed by atoms with Gasteiger partial charge in [-0.1, -0.05) is 24.3 Å². The zero-order valence-electron chi connectivity index (χ0n) is 8.19. The Morgan fingerprint density at radius 1 is 1.23 bits per heavy atom. The van der Waals surface area contributed by atoms with E-state index < -0.39 is 0 Å². The van der Waals surface area contributed by atoms with Crippen molar-refractivity contribution in [3.63, 3.8) is 0 Å². The summed E-state index contributed by atoms with van der Waals surface area (Å²) in [5.74, 6) is 3.82. The lowest BCUT2D eigenvalue weighted by molar-refractivity contribution is 0.318. The smallest absolute Gasteiger partial charge is 0.0402 e. The van der Waals surface area contributed by atoms with E-state index in [0.717, 1.165) is 23.7 Å². The fourth-order valence-corrected chi connectivity index (χ4v) is 2.97. The predicted molar refractivity (Wildman–Crippen MR) is 54.2 cm³/mol. The van der Waals surface area contributed by atoms with Crippen LogP contribution in [0.5, 0.6) is 0 Å². The third kappa shape index (κ3) is 1.46. The Hall–Kier alpha value is -0.560. The van der Waals surface area contributed by atoms with Crippen molar-refractivity contribution >= 4 is 0 Å². The van der Waals surface area contributed by atoms with Gasteiger partial charge in [0.15, 0.2) is 0 Å². The van der Waals surface area contributed by atoms with Crippen molar-refractivity contribution in [2.75, 3.05) is 6.61 Å². The van der Waals surface area contributed by atoms with Crippen LogP contribution in [0.2, 0.25) is 0 Å². The molecule has 0 aromatic rings. The summed E-state index contributed by atoms with van der Waals surface area (Å²) < 4.78 is 0. The van der Waals surface area contributed by atoms with E-state index in [-0.39, 0.29) is 6.61 Å². The highest BCUT2D eigenvalue weighted by Gasteiger charge is 2.44. The summed E-state index contributed by atoms with van der Waals surface area (Å²) in [6.45, 7) is 1.93. The van der Waals surface area contributed by atoms with Crippen LogP contribution < -0.4 is 0 Å². The summed E-state index contributed by atoms with van der Waals surface area (Å²) >= 11 is 0. The third-order valence-corrected chi connectivity index (χ3v) is 3.46. The minimum absolute atomic E-state index is 0.250. The molecule has 0 aromatic carbocycles. The van der Waals surface area contributed by atoms with Crippen LogP contribution in [0.3, 0.4) is 0 Å². The molecule has 0 spiro atoms. The molecule has 13 heavy (non-hydrogen) atoms. The van der Waals surface area contributed by atoms with E-state index in [4.69, 9.17) is 5.11 Å². The van der Waals surface area contributed by atoms with Gasteiger partial charge < -0.3 is 5.11 Å². The lowest BCUT2D eigenvalue weighted by Crippen LogP contribution is -2.12. The van der Waals surface area contributed by atoms with Crippen molar-refractivity contribution in [2.24, 2.45) is 23.7 Å². The number of aliphatic hydroxyl groups is 1. The second-order valence-electron chi connectivity index (χ2n) is 4.17. The topological polar surface area (TPSA) is 20.2 Å². The van der Waals surface area contributed by atoms with Crippen LogP contribution in [0.1, 0.15) is 19.8 Å². The molecule has 1 heteroatoms. The van der Waals surface area contributed by atoms with Gasteiger partial charge in [0.05, 0.1) is 0 Å². The summed E-state index contributed by atoms with van der Waals surface area (Å²) in [5.41, 5.74) is 0. The molecule has 72 valence electrons. The first-order valence-corrected chi connectivity index (χ1v) is 5.32. The van der Waals surface area contributed by atoms with E-state index >= 15 is 0 Å². The quantitative estimate of drug-likeness (QED) is 0.565. The van der Waals surface area contributed by atoms with E-state index in [9.17, 15) is 0 Å². The highest BCUT2D eigenvalue weighted by molar-refractivity contribution is 5.21. The molecule has 0 aliphatic heterocycles. The van der Waals surface area contributed by atoms with Crippen molar-refractivity contribution < 1.29 is 5.11 Å². The van der Waals surface area contributed by atoms with Crippen LogP contribution in [0.15, 0.2) is 24.3 Å². The largest absolute Gasteiger partial charge is 0.397 e. The SMILES string of the molecule is C1=CC2C3C=CC(C3)C2C1.CCO. The van der Waals surface area contributed by atoms with Gasteiger partial charge in [-0.15, -0.1) is 0 Å². The van der Waals surface area contributed by atoms with Crippen molar-refractivity contribution in [1.82, 2.24) is 0 Å². The summed E-state index contributed by atoms with van der Waals surface area (Å²) in [7, 11) is 0. The molecule has 3 aliphatic rings. The average molecular weight is 178 g/mol. The molecule has 0 aromatic heterocycles. The standard InChI is InChI=1S/C10H12.C2H6O/c1-2-9-7-4-5-8(6-7)10(9)3-1;1-2-3/h1-2,4-5,7-10H,3,6H2;3H,2H2,1H3. The summed E-state index contributed by atoms with van der Waals surface area (Å²) in [5, 5.41) is 7.57. The van der Waals surface area contributed by atoms with Crippen LogP contribution in [0.25, 0.3) is 0 Å². The summed E-state index contributed by atoms with van der Waals surface area (Å²) in [4.78, 5) is 0. The van der Waals surface area contributed by atoms with Gasteiger partial charge in [-0.2, -0.15) is 0 Å². The fraction of sp³-hybridized carbons (Fsp3) is 0.667. The first-order valence-electron chi connectivity index (χ1n) is 5.32. The Labute approximate surface area is 80.2 Å². The van der Waals surface area contributed by atoms with Gasteiger partial charge in [-0.25, -0.2) is 0 Å². The predicted octanol–water partition coefficient (Wildman–Crippen LogP) is 2.38. The number of rotatable bonds is 0. The Morgan fingerprint density at radius 3 is 2.62 bits per heavy atom. The van der Waals surface area contributed by atoms with Gasteiger partial charge >= 0.3 is 0 Å². The number of aliphatic hydroxyl groups excluding tert-OH is 1. The highest BCUT2D eigenvalue weighted by Crippen LogP contribution is 2.52. The van der Waals surface area contributed by atoms with Gasteiger partial charge in [-0.3, -0.25) is 0 Å². The van der Waals surface area contributed by atoms with Crippen molar-refractivity contribution in [1.29, 1.82) is 0 Å². The molecule has 0 saturated heterocycles. The highest BCUT2D eigenvalue weighted by atomic mass is 16.2. The lowest BCUT2D eigenvalue weighted by atomic mass is 9.86. The van der Waals surface area contributed by atoms with Crippen LogP contribution >= 0.6 is 0 Å². The molecule has 3 aliphatic carbocycles. The Bertz CT molecular complexity index is 229. The molecule has 3 rings (SSSR count). The Balaban J connectivity index is 0.000000196. The number of allylic oxidation sites excluding steroid dienone is 4. The second-order valence-corrected chi connectivity index (χ2v) is 4.17. The maximum absolute atomic E-state index is 7.57. The number of hydrogen-bond acceptors (Lipinski definition) is 1. The van der Waals surface area contributed by atoms with Crippen LogP contribution in [-0.2, 0) is 0 Å². The van der Waals surface area contributed by atoms with Crippen molar-refractivity contribution in [3.8, 4) is 0 Å². The van der Waals surface area contributed by atoms with Gasteiger partial charge in [0, 0.05) is 6.61 Å². The Kier molecular flexibility index (Phi) is 2.54. The monoisotopic (exact) mass is 178 g/mol. The average Bonchev–Trinajstić information content (AvgIpc) is 2.79. The molecule has 2 bridgehead atoms. The molecule has 4 unspecified atom stereocenters. The van der Waals surface area contributed by atoms with Crippen LogP contribution in [-0.4, -0.2) is 11.7 Å². The third-order valence-electron chi connectivity index (χ3n) is 3.46.